The maximum atomic E-state index is 13.1. The Morgan fingerprint density at radius 2 is 1.39 bits per heavy atom. The molecule has 0 atom stereocenters. The number of hydrogen-bond donors (Lipinski definition) is 2. The molecule has 3 aromatic carbocycles. The quantitative estimate of drug-likeness (QED) is 0.367. The lowest BCUT2D eigenvalue weighted by Crippen LogP contribution is -2.42. The van der Waals surface area contributed by atoms with Gasteiger partial charge in [0.05, 0.1) is 16.8 Å². The van der Waals surface area contributed by atoms with Crippen LogP contribution in [0, 0.1) is 0 Å². The SMILES string of the molecule is O=C(NNC(=O)c1nn(Cc2ccccc2)c(=O)c2ccccc12)c1ccc(S(=O)(=O)N2CCCC2)cc1. The maximum absolute atomic E-state index is 13.1. The second-order valence-corrected chi connectivity index (χ2v) is 10.8. The van der Waals surface area contributed by atoms with Gasteiger partial charge < -0.3 is 0 Å². The summed E-state index contributed by atoms with van der Waals surface area (Å²) in [7, 11) is -3.60. The van der Waals surface area contributed by atoms with Crippen LogP contribution in [0.1, 0.15) is 39.3 Å². The van der Waals surface area contributed by atoms with Gasteiger partial charge in [-0.25, -0.2) is 13.1 Å². The lowest BCUT2D eigenvalue weighted by molar-refractivity contribution is 0.0843. The average Bonchev–Trinajstić information content (AvgIpc) is 3.50. The van der Waals surface area contributed by atoms with Crippen molar-refractivity contribution in [2.75, 3.05) is 13.1 Å². The molecule has 1 aliphatic heterocycles. The Bertz CT molecular complexity index is 1660. The molecule has 0 aliphatic carbocycles. The fraction of sp³-hybridized carbons (Fsp3) is 0.185. The van der Waals surface area contributed by atoms with Gasteiger partial charge in [-0.2, -0.15) is 9.40 Å². The van der Waals surface area contributed by atoms with E-state index in [1.165, 1.54) is 33.3 Å². The number of sulfonamides is 1. The van der Waals surface area contributed by atoms with Gasteiger partial charge in [0.15, 0.2) is 5.69 Å². The van der Waals surface area contributed by atoms with Crippen LogP contribution < -0.4 is 16.4 Å². The smallest absolute Gasteiger partial charge is 0.267 e. The fourth-order valence-corrected chi connectivity index (χ4v) is 5.88. The van der Waals surface area contributed by atoms with Crippen molar-refractivity contribution < 1.29 is 18.0 Å². The van der Waals surface area contributed by atoms with E-state index in [0.717, 1.165) is 18.4 Å². The Hall–Kier alpha value is -4.35. The van der Waals surface area contributed by atoms with Crippen LogP contribution in [0.4, 0.5) is 0 Å². The molecule has 2 heterocycles. The Kier molecular flexibility index (Phi) is 7.03. The van der Waals surface area contributed by atoms with E-state index in [-0.39, 0.29) is 28.3 Å². The molecule has 0 spiro atoms. The highest BCUT2D eigenvalue weighted by molar-refractivity contribution is 7.89. The summed E-state index contributed by atoms with van der Waals surface area (Å²) in [6.07, 6.45) is 1.65. The van der Waals surface area contributed by atoms with Gasteiger partial charge in [0.2, 0.25) is 10.0 Å². The van der Waals surface area contributed by atoms with Crippen LogP contribution in [-0.2, 0) is 16.6 Å². The number of carbonyl (C=O) groups is 2. The third-order valence-electron chi connectivity index (χ3n) is 6.37. The number of hydrazine groups is 1. The van der Waals surface area contributed by atoms with Crippen LogP contribution in [-0.4, -0.2) is 47.4 Å². The van der Waals surface area contributed by atoms with Crippen molar-refractivity contribution in [2.45, 2.75) is 24.3 Å². The van der Waals surface area contributed by atoms with Crippen molar-refractivity contribution >= 4 is 32.6 Å². The zero-order chi connectivity index (χ0) is 26.7. The predicted molar refractivity (Wildman–Crippen MR) is 141 cm³/mol. The van der Waals surface area contributed by atoms with Gasteiger partial charge in [-0.05, 0) is 48.7 Å². The van der Waals surface area contributed by atoms with E-state index in [4.69, 9.17) is 0 Å². The highest BCUT2D eigenvalue weighted by Gasteiger charge is 2.27. The fourth-order valence-electron chi connectivity index (χ4n) is 4.37. The van der Waals surface area contributed by atoms with Crippen molar-refractivity contribution in [3.63, 3.8) is 0 Å². The number of benzene rings is 3. The highest BCUT2D eigenvalue weighted by Crippen LogP contribution is 2.21. The van der Waals surface area contributed by atoms with Crippen molar-refractivity contribution in [3.8, 4) is 0 Å². The van der Waals surface area contributed by atoms with Gasteiger partial charge in [0.25, 0.3) is 17.4 Å². The predicted octanol–water partition coefficient (Wildman–Crippen LogP) is 2.30. The number of hydrogen-bond acceptors (Lipinski definition) is 6. The van der Waals surface area contributed by atoms with Crippen molar-refractivity contribution in [2.24, 2.45) is 0 Å². The van der Waals surface area contributed by atoms with E-state index < -0.39 is 21.8 Å². The minimum absolute atomic E-state index is 0.0246. The molecule has 194 valence electrons. The first-order chi connectivity index (χ1) is 18.3. The summed E-state index contributed by atoms with van der Waals surface area (Å²) in [6, 6.07) is 21.4. The summed E-state index contributed by atoms with van der Waals surface area (Å²) < 4.78 is 28.0. The molecule has 1 aliphatic rings. The Morgan fingerprint density at radius 1 is 0.789 bits per heavy atom. The Balaban J connectivity index is 1.33. The topological polar surface area (TPSA) is 130 Å². The van der Waals surface area contributed by atoms with Gasteiger partial charge in [-0.1, -0.05) is 48.5 Å². The number of carbonyl (C=O) groups excluding carboxylic acids is 2. The molecular formula is C27H25N5O5S. The number of rotatable bonds is 6. The first-order valence-electron chi connectivity index (χ1n) is 12.1. The van der Waals surface area contributed by atoms with Crippen LogP contribution in [0.5, 0.6) is 0 Å². The molecule has 0 bridgehead atoms. The number of nitrogens with one attached hydrogen (secondary N) is 2. The molecule has 1 saturated heterocycles. The number of fused-ring (bicyclic) bond motifs is 1. The van der Waals surface area contributed by atoms with E-state index in [9.17, 15) is 22.8 Å². The molecule has 38 heavy (non-hydrogen) atoms. The second-order valence-electron chi connectivity index (χ2n) is 8.89. The lowest BCUT2D eigenvalue weighted by Gasteiger charge is -2.15. The number of nitrogens with zero attached hydrogens (tertiary/aromatic N) is 3. The summed E-state index contributed by atoms with van der Waals surface area (Å²) in [5, 5.41) is 4.97. The first kappa shape index (κ1) is 25.3. The molecule has 2 N–H and O–H groups in total. The lowest BCUT2D eigenvalue weighted by atomic mass is 10.1. The minimum Gasteiger partial charge on any atom is -0.267 e. The largest absolute Gasteiger partial charge is 0.290 e. The van der Waals surface area contributed by atoms with Gasteiger partial charge in [0, 0.05) is 24.0 Å². The molecule has 5 rings (SSSR count). The van der Waals surface area contributed by atoms with E-state index in [2.05, 4.69) is 16.0 Å². The van der Waals surface area contributed by atoms with Gasteiger partial charge in [-0.15, -0.1) is 0 Å². The van der Waals surface area contributed by atoms with Crippen molar-refractivity contribution in [1.82, 2.24) is 24.9 Å². The van der Waals surface area contributed by atoms with Crippen LogP contribution in [0.15, 0.2) is 88.6 Å². The zero-order valence-electron chi connectivity index (χ0n) is 20.3. The summed E-state index contributed by atoms with van der Waals surface area (Å²) in [6.45, 7) is 1.14. The Labute approximate surface area is 218 Å². The number of aromatic nitrogens is 2. The standard InChI is InChI=1S/C27H25N5O5S/c33-25(20-12-14-21(15-13-20)38(36,37)31-16-6-7-17-31)28-29-26(34)24-22-10-4-5-11-23(22)27(35)32(30-24)18-19-8-2-1-3-9-19/h1-5,8-15H,6-7,16-18H2,(H,28,33)(H,29,34). The van der Waals surface area contributed by atoms with Crippen LogP contribution >= 0.6 is 0 Å². The zero-order valence-corrected chi connectivity index (χ0v) is 21.1. The summed E-state index contributed by atoms with van der Waals surface area (Å²) in [5.74, 6) is -1.34. The molecule has 1 fully saturated rings. The van der Waals surface area contributed by atoms with E-state index in [1.807, 2.05) is 30.3 Å². The summed E-state index contributed by atoms with van der Waals surface area (Å²) in [5.41, 5.74) is 5.32. The van der Waals surface area contributed by atoms with E-state index >= 15 is 0 Å². The van der Waals surface area contributed by atoms with Crippen molar-refractivity contribution in [1.29, 1.82) is 0 Å². The third-order valence-corrected chi connectivity index (χ3v) is 8.28. The third kappa shape index (κ3) is 5.06. The molecule has 0 radical (unpaired) electrons. The minimum atomic E-state index is -3.60. The molecular weight excluding hydrogens is 506 g/mol. The van der Waals surface area contributed by atoms with Crippen LogP contribution in [0.3, 0.4) is 0 Å². The molecule has 2 amide bonds. The number of amides is 2. The molecule has 10 nitrogen and oxygen atoms in total. The van der Waals surface area contributed by atoms with Gasteiger partial charge in [0.1, 0.15) is 0 Å². The maximum Gasteiger partial charge on any atom is 0.290 e. The molecule has 1 aromatic heterocycles. The molecule has 11 heteroatoms. The van der Waals surface area contributed by atoms with E-state index in [1.54, 1.807) is 24.3 Å². The van der Waals surface area contributed by atoms with Gasteiger partial charge in [-0.3, -0.25) is 25.2 Å². The first-order valence-corrected chi connectivity index (χ1v) is 13.5. The van der Waals surface area contributed by atoms with Gasteiger partial charge >= 0.3 is 0 Å². The monoisotopic (exact) mass is 531 g/mol. The van der Waals surface area contributed by atoms with Crippen LogP contribution in [0.25, 0.3) is 10.8 Å². The molecule has 0 unspecified atom stereocenters. The average molecular weight is 532 g/mol. The summed E-state index contributed by atoms with van der Waals surface area (Å²) in [4.78, 5) is 38.8. The van der Waals surface area contributed by atoms with E-state index in [0.29, 0.717) is 23.9 Å². The molecule has 4 aromatic rings. The Morgan fingerprint density at radius 3 is 2.08 bits per heavy atom. The molecule has 0 saturated carbocycles. The highest BCUT2D eigenvalue weighted by atomic mass is 32.2. The summed E-state index contributed by atoms with van der Waals surface area (Å²) >= 11 is 0. The normalized spacial score (nSPS) is 13.9. The van der Waals surface area contributed by atoms with Crippen LogP contribution in [0.2, 0.25) is 0 Å². The second kappa shape index (κ2) is 10.6. The van der Waals surface area contributed by atoms with Crippen molar-refractivity contribution in [3.05, 3.63) is 106 Å².